The number of pyridine rings is 1. The van der Waals surface area contributed by atoms with Crippen molar-refractivity contribution in [1.29, 1.82) is 10.5 Å². The molecule has 0 radical (unpaired) electrons. The summed E-state index contributed by atoms with van der Waals surface area (Å²) in [5.74, 6) is 0.621. The molecule has 0 saturated carbocycles. The van der Waals surface area contributed by atoms with Gasteiger partial charge in [-0.1, -0.05) is 6.92 Å². The summed E-state index contributed by atoms with van der Waals surface area (Å²) in [7, 11) is 0. The maximum Gasteiger partial charge on any atom is 0.177 e. The molecule has 2 aromatic heterocycles. The number of rotatable bonds is 4. The van der Waals surface area contributed by atoms with Crippen molar-refractivity contribution in [2.45, 2.75) is 20.4 Å². The molecule has 6 heteroatoms. The minimum Gasteiger partial charge on any atom is -0.313 e. The monoisotopic (exact) mass is 266 g/mol. The Bertz CT molecular complexity index is 701. The van der Waals surface area contributed by atoms with Crippen molar-refractivity contribution in [2.24, 2.45) is 0 Å². The van der Waals surface area contributed by atoms with Crippen molar-refractivity contribution in [1.82, 2.24) is 19.9 Å². The second-order valence-electron chi connectivity index (χ2n) is 4.30. The van der Waals surface area contributed by atoms with Crippen LogP contribution in [0.25, 0.3) is 5.82 Å². The van der Waals surface area contributed by atoms with Crippen LogP contribution in [-0.4, -0.2) is 21.1 Å². The van der Waals surface area contributed by atoms with E-state index in [-0.39, 0.29) is 11.4 Å². The number of nitrogens with zero attached hydrogens (tertiary/aromatic N) is 5. The first-order valence-electron chi connectivity index (χ1n) is 6.25. The molecule has 1 N–H and O–H groups in total. The van der Waals surface area contributed by atoms with Crippen LogP contribution in [0, 0.1) is 29.6 Å². The summed E-state index contributed by atoms with van der Waals surface area (Å²) in [6.45, 7) is 5.61. The number of aryl methyl sites for hydroxylation is 1. The molecule has 0 aliphatic heterocycles. The molecule has 0 aromatic carbocycles. The highest BCUT2D eigenvalue weighted by Crippen LogP contribution is 2.16. The van der Waals surface area contributed by atoms with Gasteiger partial charge in [-0.3, -0.25) is 4.57 Å². The van der Waals surface area contributed by atoms with Crippen LogP contribution < -0.4 is 5.32 Å². The van der Waals surface area contributed by atoms with Crippen LogP contribution in [0.1, 0.15) is 29.4 Å². The van der Waals surface area contributed by atoms with Gasteiger partial charge in [0.25, 0.3) is 0 Å². The fraction of sp³-hybridized carbons (Fsp3) is 0.286. The average molecular weight is 266 g/mol. The minimum absolute atomic E-state index is 0.116. The van der Waals surface area contributed by atoms with E-state index in [9.17, 15) is 0 Å². The molecule has 0 aliphatic carbocycles. The fourth-order valence-electron chi connectivity index (χ4n) is 1.94. The molecular weight excluding hydrogens is 252 g/mol. The lowest BCUT2D eigenvalue weighted by molar-refractivity contribution is 0.722. The van der Waals surface area contributed by atoms with E-state index >= 15 is 0 Å². The first kappa shape index (κ1) is 13.7. The summed E-state index contributed by atoms with van der Waals surface area (Å²) in [6, 6.07) is 5.91. The minimum atomic E-state index is 0.116. The SMILES string of the molecule is CCNCc1cnc(-n2cnc(C#N)c2C#N)c(C)c1. The van der Waals surface area contributed by atoms with Crippen molar-refractivity contribution in [3.8, 4) is 18.0 Å². The van der Waals surface area contributed by atoms with Crippen LogP contribution in [0.2, 0.25) is 0 Å². The number of nitriles is 2. The zero-order valence-electron chi connectivity index (χ0n) is 11.4. The standard InChI is InChI=1S/C14H14N6/c1-3-17-7-11-4-10(2)14(18-8-11)20-9-19-12(5-15)13(20)6-16/h4,8-9,17H,3,7H2,1-2H3. The van der Waals surface area contributed by atoms with Crippen molar-refractivity contribution in [3.05, 3.63) is 41.1 Å². The topological polar surface area (TPSA) is 90.3 Å². The number of hydrogen-bond donors (Lipinski definition) is 1. The third-order valence-electron chi connectivity index (χ3n) is 2.89. The summed E-state index contributed by atoms with van der Waals surface area (Å²) >= 11 is 0. The molecule has 0 unspecified atom stereocenters. The highest BCUT2D eigenvalue weighted by Gasteiger charge is 2.14. The second-order valence-corrected chi connectivity index (χ2v) is 4.30. The van der Waals surface area contributed by atoms with Crippen LogP contribution in [0.3, 0.4) is 0 Å². The third kappa shape index (κ3) is 2.51. The highest BCUT2D eigenvalue weighted by molar-refractivity contribution is 5.44. The molecule has 2 heterocycles. The van der Waals surface area contributed by atoms with Gasteiger partial charge in [-0.15, -0.1) is 0 Å². The van der Waals surface area contributed by atoms with E-state index in [4.69, 9.17) is 10.5 Å². The summed E-state index contributed by atoms with van der Waals surface area (Å²) in [4.78, 5) is 8.30. The normalized spacial score (nSPS) is 10.0. The van der Waals surface area contributed by atoms with Gasteiger partial charge in [0.05, 0.1) is 0 Å². The molecule has 2 rings (SSSR count). The maximum atomic E-state index is 9.14. The number of nitrogens with one attached hydrogen (secondary N) is 1. The van der Waals surface area contributed by atoms with Crippen molar-refractivity contribution in [2.75, 3.05) is 6.54 Å². The summed E-state index contributed by atoms with van der Waals surface area (Å²) in [6.07, 6.45) is 3.22. The van der Waals surface area contributed by atoms with Gasteiger partial charge in [-0.05, 0) is 30.7 Å². The Balaban J connectivity index is 2.42. The predicted molar refractivity (Wildman–Crippen MR) is 72.9 cm³/mol. The van der Waals surface area contributed by atoms with Gasteiger partial charge in [0.1, 0.15) is 24.3 Å². The first-order valence-corrected chi connectivity index (χ1v) is 6.25. The lowest BCUT2D eigenvalue weighted by Gasteiger charge is -2.09. The lowest BCUT2D eigenvalue weighted by atomic mass is 10.2. The smallest absolute Gasteiger partial charge is 0.177 e. The van der Waals surface area contributed by atoms with E-state index in [1.165, 1.54) is 6.33 Å². The third-order valence-corrected chi connectivity index (χ3v) is 2.89. The second kappa shape index (κ2) is 5.96. The van der Waals surface area contributed by atoms with Gasteiger partial charge in [0.15, 0.2) is 11.4 Å². The average Bonchev–Trinajstić information content (AvgIpc) is 2.87. The van der Waals surface area contributed by atoms with Gasteiger partial charge in [-0.2, -0.15) is 10.5 Å². The van der Waals surface area contributed by atoms with Crippen LogP contribution >= 0.6 is 0 Å². The Morgan fingerprint density at radius 1 is 1.30 bits per heavy atom. The van der Waals surface area contributed by atoms with Crippen LogP contribution in [0.4, 0.5) is 0 Å². The Morgan fingerprint density at radius 2 is 2.10 bits per heavy atom. The van der Waals surface area contributed by atoms with Gasteiger partial charge in [-0.25, -0.2) is 9.97 Å². The molecule has 0 saturated heterocycles. The van der Waals surface area contributed by atoms with Gasteiger partial charge < -0.3 is 5.32 Å². The highest BCUT2D eigenvalue weighted by atomic mass is 15.1. The first-order chi connectivity index (χ1) is 9.71. The molecule has 0 bridgehead atoms. The van der Waals surface area contributed by atoms with Crippen LogP contribution in [0.15, 0.2) is 18.6 Å². The molecular formula is C14H14N6. The van der Waals surface area contributed by atoms with Gasteiger partial charge >= 0.3 is 0 Å². The fourth-order valence-corrected chi connectivity index (χ4v) is 1.94. The van der Waals surface area contributed by atoms with Gasteiger partial charge in [0.2, 0.25) is 0 Å². The van der Waals surface area contributed by atoms with Crippen molar-refractivity contribution >= 4 is 0 Å². The summed E-state index contributed by atoms with van der Waals surface area (Å²) in [5.41, 5.74) is 2.33. The van der Waals surface area contributed by atoms with Crippen molar-refractivity contribution in [3.63, 3.8) is 0 Å². The molecule has 2 aromatic rings. The maximum absolute atomic E-state index is 9.14. The number of hydrogen-bond acceptors (Lipinski definition) is 5. The Kier molecular flexibility index (Phi) is 4.09. The molecule has 0 atom stereocenters. The Hall–Kier alpha value is -2.70. The van der Waals surface area contributed by atoms with Crippen LogP contribution in [0.5, 0.6) is 0 Å². The van der Waals surface area contributed by atoms with Crippen molar-refractivity contribution < 1.29 is 0 Å². The van der Waals surface area contributed by atoms with Gasteiger partial charge in [0, 0.05) is 12.7 Å². The number of aromatic nitrogens is 3. The Morgan fingerprint density at radius 3 is 2.70 bits per heavy atom. The van der Waals surface area contributed by atoms with E-state index in [1.54, 1.807) is 10.8 Å². The zero-order valence-corrected chi connectivity index (χ0v) is 11.4. The van der Waals surface area contributed by atoms with E-state index in [0.717, 1.165) is 24.2 Å². The van der Waals surface area contributed by atoms with E-state index in [1.807, 2.05) is 32.1 Å². The summed E-state index contributed by atoms with van der Waals surface area (Å²) in [5, 5.41) is 21.3. The quantitative estimate of drug-likeness (QED) is 0.904. The van der Waals surface area contributed by atoms with E-state index < -0.39 is 0 Å². The molecule has 6 nitrogen and oxygen atoms in total. The largest absolute Gasteiger partial charge is 0.313 e. The van der Waals surface area contributed by atoms with E-state index in [0.29, 0.717) is 5.82 Å². The predicted octanol–water partition coefficient (Wildman–Crippen LogP) is 1.43. The van der Waals surface area contributed by atoms with E-state index in [2.05, 4.69) is 15.3 Å². The summed E-state index contributed by atoms with van der Waals surface area (Å²) < 4.78 is 1.55. The molecule has 0 aliphatic rings. The zero-order chi connectivity index (χ0) is 14.5. The van der Waals surface area contributed by atoms with Crippen LogP contribution in [-0.2, 0) is 6.54 Å². The Labute approximate surface area is 117 Å². The molecule has 100 valence electrons. The number of imidazole rings is 1. The molecule has 0 spiro atoms. The molecule has 20 heavy (non-hydrogen) atoms. The molecule has 0 fully saturated rings. The lowest BCUT2D eigenvalue weighted by Crippen LogP contribution is -2.12. The molecule has 0 amide bonds.